The molecule has 0 saturated heterocycles. The molecule has 29 heavy (non-hydrogen) atoms. The van der Waals surface area contributed by atoms with Crippen LogP contribution in [0, 0.1) is 5.82 Å². The number of halogens is 4. The summed E-state index contributed by atoms with van der Waals surface area (Å²) in [6, 6.07) is 11.3. The topological polar surface area (TPSA) is 48.5 Å². The van der Waals surface area contributed by atoms with Gasteiger partial charge >= 0.3 is 6.55 Å². The van der Waals surface area contributed by atoms with Gasteiger partial charge in [-0.1, -0.05) is 12.1 Å². The van der Waals surface area contributed by atoms with Gasteiger partial charge in [0.2, 0.25) is 0 Å². The van der Waals surface area contributed by atoms with Gasteiger partial charge in [-0.2, -0.15) is 19.0 Å². The van der Waals surface area contributed by atoms with E-state index in [1.165, 1.54) is 24.4 Å². The molecule has 9 heteroatoms. The van der Waals surface area contributed by atoms with Gasteiger partial charge in [-0.05, 0) is 51.8 Å². The molecule has 0 spiro atoms. The highest BCUT2D eigenvalue weighted by molar-refractivity contribution is 9.10. The van der Waals surface area contributed by atoms with Crippen molar-refractivity contribution in [2.75, 3.05) is 0 Å². The lowest BCUT2D eigenvalue weighted by molar-refractivity contribution is 0.0568. The van der Waals surface area contributed by atoms with Crippen molar-refractivity contribution >= 4 is 15.9 Å². The fourth-order valence-corrected chi connectivity index (χ4v) is 3.24. The van der Waals surface area contributed by atoms with Crippen molar-refractivity contribution in [3.63, 3.8) is 0 Å². The minimum atomic E-state index is -2.70. The van der Waals surface area contributed by atoms with Gasteiger partial charge in [-0.25, -0.2) is 9.07 Å². The van der Waals surface area contributed by atoms with E-state index in [4.69, 9.17) is 0 Å². The van der Waals surface area contributed by atoms with E-state index in [1.807, 2.05) is 12.1 Å². The number of aromatic nitrogens is 5. The van der Waals surface area contributed by atoms with Gasteiger partial charge in [0.05, 0.1) is 23.6 Å². The summed E-state index contributed by atoms with van der Waals surface area (Å²) in [7, 11) is 0. The predicted molar refractivity (Wildman–Crippen MR) is 105 cm³/mol. The molecule has 4 aromatic rings. The zero-order valence-corrected chi connectivity index (χ0v) is 16.5. The maximum Gasteiger partial charge on any atom is 0.333 e. The van der Waals surface area contributed by atoms with Crippen molar-refractivity contribution < 1.29 is 13.2 Å². The Morgan fingerprint density at radius 2 is 1.76 bits per heavy atom. The molecule has 0 fully saturated rings. The van der Waals surface area contributed by atoms with E-state index in [0.717, 1.165) is 15.7 Å². The third-order valence-corrected chi connectivity index (χ3v) is 4.93. The molecule has 0 aliphatic carbocycles. The highest BCUT2D eigenvalue weighted by Gasteiger charge is 2.19. The van der Waals surface area contributed by atoms with Crippen LogP contribution < -0.4 is 0 Å². The number of pyridine rings is 1. The van der Waals surface area contributed by atoms with E-state index in [9.17, 15) is 13.2 Å². The van der Waals surface area contributed by atoms with E-state index < -0.39 is 6.55 Å². The quantitative estimate of drug-likeness (QED) is 0.392. The number of hydrogen-bond acceptors (Lipinski definition) is 3. The first-order valence-corrected chi connectivity index (χ1v) is 9.52. The van der Waals surface area contributed by atoms with Crippen molar-refractivity contribution in [1.29, 1.82) is 0 Å². The Labute approximate surface area is 172 Å². The second kappa shape index (κ2) is 8.20. The van der Waals surface area contributed by atoms with E-state index >= 15 is 0 Å². The summed E-state index contributed by atoms with van der Waals surface area (Å²) in [5, 5.41) is 8.29. The Kier molecular flexibility index (Phi) is 5.48. The maximum absolute atomic E-state index is 13.3. The summed E-state index contributed by atoms with van der Waals surface area (Å²) >= 11 is 3.38. The lowest BCUT2D eigenvalue weighted by Gasteiger charge is -2.17. The fourth-order valence-electron chi connectivity index (χ4n) is 3.00. The molecule has 0 radical (unpaired) electrons. The molecular weight excluding hydrogens is 447 g/mol. The molecule has 0 N–H and O–H groups in total. The zero-order valence-electron chi connectivity index (χ0n) is 15.0. The van der Waals surface area contributed by atoms with Crippen LogP contribution in [0.5, 0.6) is 0 Å². The molecular formula is C20H15BrF3N5. The maximum atomic E-state index is 13.3. The molecule has 148 valence electrons. The molecule has 4 rings (SSSR count). The summed E-state index contributed by atoms with van der Waals surface area (Å²) in [4.78, 5) is 4.48. The predicted octanol–water partition coefficient (Wildman–Crippen LogP) is 5.27. The summed E-state index contributed by atoms with van der Waals surface area (Å²) in [5.41, 5.74) is 2.71. The van der Waals surface area contributed by atoms with Gasteiger partial charge in [0.1, 0.15) is 5.82 Å². The SMILES string of the molecule is Fc1ccc(CC(c2ccc(Br)cn2)n2cc(-c3ccn(C(F)F)n3)cn2)cc1. The standard InChI is InChI=1S/C20H15BrF3N5/c21-15-3-6-18(25-11-15)19(9-13-1-4-16(22)5-2-13)29-12-14(10-26-29)17-7-8-28(27-17)20(23)24/h1-8,10-12,19-20H,9H2. The fraction of sp³-hybridized carbons (Fsp3) is 0.150. The second-order valence-electron chi connectivity index (χ2n) is 6.42. The molecule has 0 saturated carbocycles. The molecule has 0 amide bonds. The van der Waals surface area contributed by atoms with Crippen LogP contribution in [0.2, 0.25) is 0 Å². The van der Waals surface area contributed by atoms with Crippen LogP contribution in [0.25, 0.3) is 11.3 Å². The lowest BCUT2D eigenvalue weighted by Crippen LogP contribution is -2.15. The molecule has 0 bridgehead atoms. The largest absolute Gasteiger partial charge is 0.333 e. The summed E-state index contributed by atoms with van der Waals surface area (Å²) in [6.45, 7) is -2.70. The first kappa shape index (κ1) is 19.4. The third kappa shape index (κ3) is 4.40. The summed E-state index contributed by atoms with van der Waals surface area (Å²) in [6.07, 6.45) is 6.78. The summed E-state index contributed by atoms with van der Waals surface area (Å²) in [5.74, 6) is -0.303. The number of nitrogens with zero attached hydrogens (tertiary/aromatic N) is 5. The van der Waals surface area contributed by atoms with Crippen molar-refractivity contribution in [3.8, 4) is 11.3 Å². The van der Waals surface area contributed by atoms with Crippen LogP contribution in [0.4, 0.5) is 13.2 Å². The Morgan fingerprint density at radius 3 is 2.41 bits per heavy atom. The first-order chi connectivity index (χ1) is 14.0. The van der Waals surface area contributed by atoms with Crippen molar-refractivity contribution in [1.82, 2.24) is 24.5 Å². The van der Waals surface area contributed by atoms with Crippen LogP contribution in [0.3, 0.4) is 0 Å². The van der Waals surface area contributed by atoms with E-state index in [2.05, 4.69) is 31.1 Å². The average molecular weight is 462 g/mol. The number of benzene rings is 1. The van der Waals surface area contributed by atoms with Crippen molar-refractivity contribution in [3.05, 3.63) is 88.8 Å². The monoisotopic (exact) mass is 461 g/mol. The van der Waals surface area contributed by atoms with Gasteiger partial charge in [0.15, 0.2) is 0 Å². The van der Waals surface area contributed by atoms with Crippen LogP contribution in [0.1, 0.15) is 23.8 Å². The average Bonchev–Trinajstić information content (AvgIpc) is 3.38. The van der Waals surface area contributed by atoms with Crippen LogP contribution >= 0.6 is 15.9 Å². The van der Waals surface area contributed by atoms with Gasteiger partial charge in [0, 0.05) is 35.0 Å². The van der Waals surface area contributed by atoms with E-state index in [1.54, 1.807) is 35.4 Å². The Morgan fingerprint density at radius 1 is 0.966 bits per heavy atom. The lowest BCUT2D eigenvalue weighted by atomic mass is 10.0. The molecule has 1 atom stereocenters. The molecule has 3 aromatic heterocycles. The van der Waals surface area contributed by atoms with Crippen LogP contribution in [-0.4, -0.2) is 24.5 Å². The highest BCUT2D eigenvalue weighted by atomic mass is 79.9. The second-order valence-corrected chi connectivity index (χ2v) is 7.33. The van der Waals surface area contributed by atoms with Gasteiger partial charge in [-0.15, -0.1) is 0 Å². The minimum absolute atomic E-state index is 0.264. The zero-order chi connectivity index (χ0) is 20.4. The molecule has 3 heterocycles. The third-order valence-electron chi connectivity index (χ3n) is 4.46. The minimum Gasteiger partial charge on any atom is -0.263 e. The normalized spacial score (nSPS) is 12.4. The van der Waals surface area contributed by atoms with Gasteiger partial charge in [-0.3, -0.25) is 9.67 Å². The van der Waals surface area contributed by atoms with Crippen LogP contribution in [0.15, 0.2) is 71.7 Å². The van der Waals surface area contributed by atoms with Gasteiger partial charge < -0.3 is 0 Å². The van der Waals surface area contributed by atoms with Crippen LogP contribution in [-0.2, 0) is 6.42 Å². The number of alkyl halides is 2. The van der Waals surface area contributed by atoms with Gasteiger partial charge in [0.25, 0.3) is 0 Å². The van der Waals surface area contributed by atoms with E-state index in [-0.39, 0.29) is 11.9 Å². The summed E-state index contributed by atoms with van der Waals surface area (Å²) < 4.78 is 42.0. The first-order valence-electron chi connectivity index (χ1n) is 8.73. The molecule has 1 unspecified atom stereocenters. The van der Waals surface area contributed by atoms with Crippen molar-refractivity contribution in [2.45, 2.75) is 19.0 Å². The Balaban J connectivity index is 1.67. The molecule has 0 aliphatic heterocycles. The molecule has 0 aliphatic rings. The number of rotatable bonds is 6. The smallest absolute Gasteiger partial charge is 0.263 e. The molecule has 1 aromatic carbocycles. The number of hydrogen-bond donors (Lipinski definition) is 0. The van der Waals surface area contributed by atoms with Crippen molar-refractivity contribution in [2.24, 2.45) is 0 Å². The Hall–Kier alpha value is -2.94. The highest BCUT2D eigenvalue weighted by Crippen LogP contribution is 2.26. The Bertz CT molecular complexity index is 1090. The molecule has 5 nitrogen and oxygen atoms in total. The van der Waals surface area contributed by atoms with E-state index in [0.29, 0.717) is 22.4 Å².